The van der Waals surface area contributed by atoms with Crippen LogP contribution in [-0.2, 0) is 4.79 Å². The average molecular weight is 268 g/mol. The van der Waals surface area contributed by atoms with Gasteiger partial charge < -0.3 is 10.2 Å². The lowest BCUT2D eigenvalue weighted by atomic mass is 9.97. The van der Waals surface area contributed by atoms with Gasteiger partial charge in [0.2, 0.25) is 5.91 Å². The SMILES string of the molecule is CCC(C)CC(CC)NC(C)C(=O)N1CCCCC1. The van der Waals surface area contributed by atoms with Crippen molar-refractivity contribution in [2.45, 2.75) is 78.3 Å². The van der Waals surface area contributed by atoms with Gasteiger partial charge in [0, 0.05) is 19.1 Å². The van der Waals surface area contributed by atoms with Gasteiger partial charge in [0.25, 0.3) is 0 Å². The minimum absolute atomic E-state index is 0.0351. The number of amides is 1. The Morgan fingerprint density at radius 1 is 1.11 bits per heavy atom. The van der Waals surface area contributed by atoms with Gasteiger partial charge in [-0.15, -0.1) is 0 Å². The van der Waals surface area contributed by atoms with Crippen LogP contribution in [0.3, 0.4) is 0 Å². The first-order valence-corrected chi connectivity index (χ1v) is 8.13. The van der Waals surface area contributed by atoms with Crippen molar-refractivity contribution in [3.05, 3.63) is 0 Å². The molecule has 3 nitrogen and oxygen atoms in total. The minimum atomic E-state index is -0.0351. The van der Waals surface area contributed by atoms with Gasteiger partial charge in [0.15, 0.2) is 0 Å². The molecule has 3 heteroatoms. The van der Waals surface area contributed by atoms with Gasteiger partial charge in [-0.2, -0.15) is 0 Å². The number of carbonyl (C=O) groups is 1. The number of hydrogen-bond acceptors (Lipinski definition) is 2. The fourth-order valence-electron chi connectivity index (χ4n) is 2.82. The summed E-state index contributed by atoms with van der Waals surface area (Å²) in [5, 5.41) is 3.54. The Balaban J connectivity index is 2.42. The van der Waals surface area contributed by atoms with Crippen molar-refractivity contribution in [2.24, 2.45) is 5.92 Å². The van der Waals surface area contributed by atoms with E-state index < -0.39 is 0 Å². The second-order valence-corrected chi connectivity index (χ2v) is 6.13. The zero-order valence-corrected chi connectivity index (χ0v) is 13.2. The molecule has 112 valence electrons. The molecule has 1 heterocycles. The highest BCUT2D eigenvalue weighted by Crippen LogP contribution is 2.14. The summed E-state index contributed by atoms with van der Waals surface area (Å²) in [6, 6.07) is 0.436. The van der Waals surface area contributed by atoms with Crippen molar-refractivity contribution >= 4 is 5.91 Å². The van der Waals surface area contributed by atoms with E-state index in [0.29, 0.717) is 11.9 Å². The first kappa shape index (κ1) is 16.5. The van der Waals surface area contributed by atoms with Crippen LogP contribution in [0, 0.1) is 5.92 Å². The molecule has 0 aliphatic carbocycles. The minimum Gasteiger partial charge on any atom is -0.341 e. The van der Waals surface area contributed by atoms with Crippen molar-refractivity contribution in [3.8, 4) is 0 Å². The molecular weight excluding hydrogens is 236 g/mol. The van der Waals surface area contributed by atoms with Crippen LogP contribution in [0.5, 0.6) is 0 Å². The van der Waals surface area contributed by atoms with Crippen LogP contribution in [0.1, 0.15) is 66.2 Å². The summed E-state index contributed by atoms with van der Waals surface area (Å²) in [6.07, 6.45) is 7.10. The van der Waals surface area contributed by atoms with Crippen LogP contribution >= 0.6 is 0 Å². The highest BCUT2D eigenvalue weighted by molar-refractivity contribution is 5.81. The van der Waals surface area contributed by atoms with Gasteiger partial charge in [0.05, 0.1) is 6.04 Å². The summed E-state index contributed by atoms with van der Waals surface area (Å²) in [4.78, 5) is 14.4. The van der Waals surface area contributed by atoms with Crippen molar-refractivity contribution in [2.75, 3.05) is 13.1 Å². The van der Waals surface area contributed by atoms with Gasteiger partial charge in [-0.1, -0.05) is 27.2 Å². The van der Waals surface area contributed by atoms with Gasteiger partial charge in [0.1, 0.15) is 0 Å². The molecule has 1 aliphatic heterocycles. The van der Waals surface area contributed by atoms with Crippen LogP contribution in [0.4, 0.5) is 0 Å². The molecule has 0 aromatic carbocycles. The van der Waals surface area contributed by atoms with Crippen molar-refractivity contribution in [1.82, 2.24) is 10.2 Å². The average Bonchev–Trinajstić information content (AvgIpc) is 2.46. The lowest BCUT2D eigenvalue weighted by Gasteiger charge is -2.31. The molecule has 1 amide bonds. The standard InChI is InChI=1S/C16H32N2O/c1-5-13(3)12-15(6-2)17-14(4)16(19)18-10-8-7-9-11-18/h13-15,17H,5-12H2,1-4H3. The van der Waals surface area contributed by atoms with E-state index in [2.05, 4.69) is 26.1 Å². The van der Waals surface area contributed by atoms with Gasteiger partial charge >= 0.3 is 0 Å². The maximum atomic E-state index is 12.4. The molecule has 0 aromatic rings. The molecule has 1 rings (SSSR count). The molecular formula is C16H32N2O. The Morgan fingerprint density at radius 2 is 1.74 bits per heavy atom. The fourth-order valence-corrected chi connectivity index (χ4v) is 2.82. The van der Waals surface area contributed by atoms with Gasteiger partial charge in [-0.25, -0.2) is 0 Å². The van der Waals surface area contributed by atoms with E-state index in [4.69, 9.17) is 0 Å². The lowest BCUT2D eigenvalue weighted by Crippen LogP contribution is -2.49. The predicted octanol–water partition coefficient (Wildman–Crippen LogP) is 3.19. The first-order chi connectivity index (χ1) is 9.08. The molecule has 1 N–H and O–H groups in total. The third-order valence-corrected chi connectivity index (χ3v) is 4.40. The zero-order valence-electron chi connectivity index (χ0n) is 13.2. The van der Waals surface area contributed by atoms with Gasteiger partial charge in [-0.3, -0.25) is 4.79 Å². The number of likely N-dealkylation sites (tertiary alicyclic amines) is 1. The van der Waals surface area contributed by atoms with Crippen LogP contribution in [0.15, 0.2) is 0 Å². The fraction of sp³-hybridized carbons (Fsp3) is 0.938. The predicted molar refractivity (Wildman–Crippen MR) is 81.2 cm³/mol. The number of rotatable bonds is 7. The first-order valence-electron chi connectivity index (χ1n) is 8.13. The third-order valence-electron chi connectivity index (χ3n) is 4.40. The Kier molecular flexibility index (Phi) is 7.44. The number of carbonyl (C=O) groups excluding carboxylic acids is 1. The molecule has 0 saturated carbocycles. The molecule has 0 radical (unpaired) electrons. The van der Waals surface area contributed by atoms with E-state index in [0.717, 1.165) is 25.4 Å². The molecule has 1 saturated heterocycles. The summed E-state index contributed by atoms with van der Waals surface area (Å²) in [5.41, 5.74) is 0. The Bertz CT molecular complexity index is 261. The van der Waals surface area contributed by atoms with E-state index in [1.54, 1.807) is 0 Å². The highest BCUT2D eigenvalue weighted by atomic mass is 16.2. The van der Waals surface area contributed by atoms with Crippen LogP contribution in [0.2, 0.25) is 0 Å². The molecule has 1 fully saturated rings. The van der Waals surface area contributed by atoms with Crippen molar-refractivity contribution in [3.63, 3.8) is 0 Å². The van der Waals surface area contributed by atoms with E-state index in [1.807, 2.05) is 11.8 Å². The van der Waals surface area contributed by atoms with E-state index >= 15 is 0 Å². The quantitative estimate of drug-likeness (QED) is 0.769. The topological polar surface area (TPSA) is 32.3 Å². The van der Waals surface area contributed by atoms with E-state index in [-0.39, 0.29) is 6.04 Å². The van der Waals surface area contributed by atoms with Crippen LogP contribution < -0.4 is 5.32 Å². The van der Waals surface area contributed by atoms with Crippen molar-refractivity contribution < 1.29 is 4.79 Å². The summed E-state index contributed by atoms with van der Waals surface area (Å²) >= 11 is 0. The van der Waals surface area contributed by atoms with Crippen LogP contribution in [-0.4, -0.2) is 36.0 Å². The van der Waals surface area contributed by atoms with E-state index in [1.165, 1.54) is 32.1 Å². The number of nitrogens with one attached hydrogen (secondary N) is 1. The Labute approximate surface area is 119 Å². The second kappa shape index (κ2) is 8.57. The maximum Gasteiger partial charge on any atom is 0.239 e. The summed E-state index contributed by atoms with van der Waals surface area (Å²) in [5.74, 6) is 1.03. The summed E-state index contributed by atoms with van der Waals surface area (Å²) < 4.78 is 0. The molecule has 0 aromatic heterocycles. The molecule has 19 heavy (non-hydrogen) atoms. The normalized spacial score (nSPS) is 20.9. The molecule has 3 unspecified atom stereocenters. The maximum absolute atomic E-state index is 12.4. The largest absolute Gasteiger partial charge is 0.341 e. The molecule has 0 bridgehead atoms. The summed E-state index contributed by atoms with van der Waals surface area (Å²) in [7, 11) is 0. The second-order valence-electron chi connectivity index (χ2n) is 6.13. The summed E-state index contributed by atoms with van der Waals surface area (Å²) in [6.45, 7) is 10.7. The molecule has 1 aliphatic rings. The highest BCUT2D eigenvalue weighted by Gasteiger charge is 2.24. The number of piperidine rings is 1. The number of hydrogen-bond donors (Lipinski definition) is 1. The molecule has 0 spiro atoms. The number of nitrogens with zero attached hydrogens (tertiary/aromatic N) is 1. The molecule has 3 atom stereocenters. The van der Waals surface area contributed by atoms with Gasteiger partial charge in [-0.05, 0) is 44.9 Å². The van der Waals surface area contributed by atoms with Crippen LogP contribution in [0.25, 0.3) is 0 Å². The monoisotopic (exact) mass is 268 g/mol. The van der Waals surface area contributed by atoms with E-state index in [9.17, 15) is 4.79 Å². The Hall–Kier alpha value is -0.570. The zero-order chi connectivity index (χ0) is 14.3. The third kappa shape index (κ3) is 5.52. The van der Waals surface area contributed by atoms with Crippen molar-refractivity contribution in [1.29, 1.82) is 0 Å². The smallest absolute Gasteiger partial charge is 0.239 e. The Morgan fingerprint density at radius 3 is 2.26 bits per heavy atom. The lowest BCUT2D eigenvalue weighted by molar-refractivity contribution is -0.134.